The second kappa shape index (κ2) is 7.45. The number of benzene rings is 1. The fraction of sp³-hybridized carbons (Fsp3) is 0.474. The van der Waals surface area contributed by atoms with Crippen LogP contribution in [0.4, 0.5) is 10.8 Å². The molecule has 0 N–H and O–H groups in total. The molecule has 1 aliphatic heterocycles. The van der Waals surface area contributed by atoms with E-state index in [2.05, 4.69) is 10.3 Å². The summed E-state index contributed by atoms with van der Waals surface area (Å²) < 4.78 is 0. The molecule has 2 heterocycles. The molecule has 0 aliphatic carbocycles. The quantitative estimate of drug-likeness (QED) is 0.824. The Kier molecular flexibility index (Phi) is 5.31. The van der Waals surface area contributed by atoms with Crippen LogP contribution in [0.2, 0.25) is 0 Å². The molecule has 1 fully saturated rings. The highest BCUT2D eigenvalue weighted by molar-refractivity contribution is 7.14. The second-order valence-corrected chi connectivity index (χ2v) is 7.39. The molecule has 24 heavy (non-hydrogen) atoms. The SMILES string of the molecule is CC(=O)N(c1nc(CN2CCCCC2)cs1)c1c(C)cccc1C. The number of aromatic nitrogens is 1. The number of amides is 1. The van der Waals surface area contributed by atoms with Gasteiger partial charge >= 0.3 is 0 Å². The third-order valence-corrected chi connectivity index (χ3v) is 5.42. The van der Waals surface area contributed by atoms with Crippen molar-refractivity contribution in [3.8, 4) is 0 Å². The number of anilines is 2. The molecule has 0 spiro atoms. The molecule has 0 atom stereocenters. The summed E-state index contributed by atoms with van der Waals surface area (Å²) in [5.41, 5.74) is 4.22. The molecule has 5 heteroatoms. The van der Waals surface area contributed by atoms with Crippen LogP contribution >= 0.6 is 11.3 Å². The number of thiazole rings is 1. The Morgan fingerprint density at radius 2 is 1.88 bits per heavy atom. The van der Waals surface area contributed by atoms with Crippen molar-refractivity contribution in [2.75, 3.05) is 18.0 Å². The van der Waals surface area contributed by atoms with Crippen molar-refractivity contribution in [1.29, 1.82) is 0 Å². The van der Waals surface area contributed by atoms with Gasteiger partial charge in [0.2, 0.25) is 5.91 Å². The zero-order valence-corrected chi connectivity index (χ0v) is 15.5. The second-order valence-electron chi connectivity index (χ2n) is 6.55. The van der Waals surface area contributed by atoms with Crippen LogP contribution in [0.1, 0.15) is 43.0 Å². The first-order valence-electron chi connectivity index (χ1n) is 8.60. The lowest BCUT2D eigenvalue weighted by Gasteiger charge is -2.25. The van der Waals surface area contributed by atoms with Gasteiger partial charge in [-0.05, 0) is 50.9 Å². The highest BCUT2D eigenvalue weighted by Crippen LogP contribution is 2.34. The van der Waals surface area contributed by atoms with Gasteiger partial charge in [-0.15, -0.1) is 11.3 Å². The summed E-state index contributed by atoms with van der Waals surface area (Å²) >= 11 is 1.55. The van der Waals surface area contributed by atoms with Gasteiger partial charge in [-0.25, -0.2) is 4.98 Å². The first-order valence-corrected chi connectivity index (χ1v) is 9.48. The number of carbonyl (C=O) groups is 1. The number of hydrogen-bond donors (Lipinski definition) is 0. The van der Waals surface area contributed by atoms with Gasteiger partial charge in [-0.2, -0.15) is 0 Å². The molecule has 0 unspecified atom stereocenters. The minimum absolute atomic E-state index is 0.00581. The van der Waals surface area contributed by atoms with Crippen molar-refractivity contribution < 1.29 is 4.79 Å². The van der Waals surface area contributed by atoms with Crippen molar-refractivity contribution in [3.63, 3.8) is 0 Å². The van der Waals surface area contributed by atoms with Gasteiger partial charge < -0.3 is 0 Å². The van der Waals surface area contributed by atoms with E-state index in [9.17, 15) is 4.79 Å². The maximum absolute atomic E-state index is 12.3. The summed E-state index contributed by atoms with van der Waals surface area (Å²) in [5.74, 6) is 0.00581. The molecule has 0 bridgehead atoms. The van der Waals surface area contributed by atoms with Crippen molar-refractivity contribution in [1.82, 2.24) is 9.88 Å². The van der Waals surface area contributed by atoms with E-state index >= 15 is 0 Å². The third-order valence-electron chi connectivity index (χ3n) is 4.54. The number of hydrogen-bond acceptors (Lipinski definition) is 4. The van der Waals surface area contributed by atoms with E-state index in [0.717, 1.165) is 47.3 Å². The molecular formula is C19H25N3OS. The van der Waals surface area contributed by atoms with E-state index in [1.807, 2.05) is 32.0 Å². The van der Waals surface area contributed by atoms with E-state index in [0.29, 0.717) is 0 Å². The lowest BCUT2D eigenvalue weighted by Crippen LogP contribution is -2.29. The Morgan fingerprint density at radius 1 is 1.21 bits per heavy atom. The van der Waals surface area contributed by atoms with Crippen molar-refractivity contribution in [2.45, 2.75) is 46.6 Å². The molecule has 1 aliphatic rings. The van der Waals surface area contributed by atoms with Gasteiger partial charge in [0.25, 0.3) is 0 Å². The number of likely N-dealkylation sites (tertiary alicyclic amines) is 1. The van der Waals surface area contributed by atoms with Crippen LogP contribution in [0.15, 0.2) is 23.6 Å². The summed E-state index contributed by atoms with van der Waals surface area (Å²) in [7, 11) is 0. The lowest BCUT2D eigenvalue weighted by atomic mass is 10.1. The first-order chi connectivity index (χ1) is 11.6. The lowest BCUT2D eigenvalue weighted by molar-refractivity contribution is -0.115. The van der Waals surface area contributed by atoms with Crippen LogP contribution in [-0.2, 0) is 11.3 Å². The summed E-state index contributed by atoms with van der Waals surface area (Å²) in [4.78, 5) is 21.3. The van der Waals surface area contributed by atoms with E-state index in [1.54, 1.807) is 23.2 Å². The van der Waals surface area contributed by atoms with Crippen LogP contribution in [0.25, 0.3) is 0 Å². The molecule has 128 valence electrons. The molecule has 1 aromatic heterocycles. The Balaban J connectivity index is 1.86. The summed E-state index contributed by atoms with van der Waals surface area (Å²) in [6, 6.07) is 6.11. The Morgan fingerprint density at radius 3 is 2.50 bits per heavy atom. The summed E-state index contributed by atoms with van der Waals surface area (Å²) in [6.07, 6.45) is 3.89. The average Bonchev–Trinajstić information content (AvgIpc) is 2.99. The average molecular weight is 343 g/mol. The zero-order valence-electron chi connectivity index (χ0n) is 14.7. The third kappa shape index (κ3) is 3.68. The van der Waals surface area contributed by atoms with E-state index < -0.39 is 0 Å². The number of para-hydroxylation sites is 1. The number of carbonyl (C=O) groups excluding carboxylic acids is 1. The highest BCUT2D eigenvalue weighted by atomic mass is 32.1. The predicted molar refractivity (Wildman–Crippen MR) is 100.0 cm³/mol. The van der Waals surface area contributed by atoms with Gasteiger partial charge in [0.15, 0.2) is 5.13 Å². The fourth-order valence-corrected chi connectivity index (χ4v) is 4.23. The largest absolute Gasteiger partial charge is 0.297 e. The normalized spacial score (nSPS) is 15.5. The fourth-order valence-electron chi connectivity index (χ4n) is 3.36. The number of nitrogens with zero attached hydrogens (tertiary/aromatic N) is 3. The van der Waals surface area contributed by atoms with Gasteiger partial charge in [-0.1, -0.05) is 24.6 Å². The molecule has 1 aromatic carbocycles. The van der Waals surface area contributed by atoms with Gasteiger partial charge in [0.05, 0.1) is 11.4 Å². The van der Waals surface area contributed by atoms with Crippen molar-refractivity contribution >= 4 is 28.1 Å². The van der Waals surface area contributed by atoms with Crippen molar-refractivity contribution in [3.05, 3.63) is 40.4 Å². The molecule has 0 radical (unpaired) electrons. The first kappa shape index (κ1) is 17.1. The minimum atomic E-state index is 0.00581. The van der Waals surface area contributed by atoms with Crippen LogP contribution in [0.5, 0.6) is 0 Å². The number of piperidine rings is 1. The van der Waals surface area contributed by atoms with Crippen LogP contribution in [-0.4, -0.2) is 28.9 Å². The molecule has 3 rings (SSSR count). The van der Waals surface area contributed by atoms with Gasteiger partial charge in [0.1, 0.15) is 0 Å². The van der Waals surface area contributed by atoms with E-state index in [1.165, 1.54) is 19.3 Å². The predicted octanol–water partition coefficient (Wildman–Crippen LogP) is 4.43. The monoisotopic (exact) mass is 343 g/mol. The molecule has 0 saturated carbocycles. The van der Waals surface area contributed by atoms with Crippen LogP contribution in [0.3, 0.4) is 0 Å². The van der Waals surface area contributed by atoms with Crippen molar-refractivity contribution in [2.24, 2.45) is 0 Å². The van der Waals surface area contributed by atoms with Gasteiger partial charge in [-0.3, -0.25) is 14.6 Å². The Hall–Kier alpha value is -1.72. The van der Waals surface area contributed by atoms with E-state index in [-0.39, 0.29) is 5.91 Å². The summed E-state index contributed by atoms with van der Waals surface area (Å²) in [6.45, 7) is 8.88. The maximum atomic E-state index is 12.3. The van der Waals surface area contributed by atoms with E-state index in [4.69, 9.17) is 4.98 Å². The topological polar surface area (TPSA) is 36.4 Å². The van der Waals surface area contributed by atoms with Gasteiger partial charge in [0, 0.05) is 18.8 Å². The zero-order chi connectivity index (χ0) is 17.1. The minimum Gasteiger partial charge on any atom is -0.297 e. The standard InChI is InChI=1S/C19H25N3OS/c1-14-8-7-9-15(2)18(14)22(16(3)23)19-20-17(13-24-19)12-21-10-5-4-6-11-21/h7-9,13H,4-6,10-12H2,1-3H3. The number of rotatable bonds is 4. The smallest absolute Gasteiger partial charge is 0.230 e. The highest BCUT2D eigenvalue weighted by Gasteiger charge is 2.22. The molecule has 4 nitrogen and oxygen atoms in total. The Bertz CT molecular complexity index is 699. The van der Waals surface area contributed by atoms with Crippen LogP contribution < -0.4 is 4.90 Å². The maximum Gasteiger partial charge on any atom is 0.230 e. The molecule has 1 saturated heterocycles. The number of aryl methyl sites for hydroxylation is 2. The Labute approximate surface area is 148 Å². The van der Waals surface area contributed by atoms with Crippen LogP contribution in [0, 0.1) is 13.8 Å². The molecular weight excluding hydrogens is 318 g/mol. The molecule has 1 amide bonds. The molecule has 2 aromatic rings. The summed E-state index contributed by atoms with van der Waals surface area (Å²) in [5, 5.41) is 2.86.